The van der Waals surface area contributed by atoms with Gasteiger partial charge in [-0.2, -0.15) is 13.2 Å². The van der Waals surface area contributed by atoms with Crippen LogP contribution in [0.5, 0.6) is 0 Å². The predicted molar refractivity (Wildman–Crippen MR) is 83.6 cm³/mol. The van der Waals surface area contributed by atoms with Gasteiger partial charge in [0.2, 0.25) is 0 Å². The maximum atomic E-state index is 12.6. The van der Waals surface area contributed by atoms with Crippen LogP contribution in [0, 0.1) is 3.57 Å². The normalized spacial score (nSPS) is 11.3. The summed E-state index contributed by atoms with van der Waals surface area (Å²) in [6, 6.07) is 9.21. The van der Waals surface area contributed by atoms with Gasteiger partial charge in [0, 0.05) is 14.3 Å². The summed E-state index contributed by atoms with van der Waals surface area (Å²) in [5.74, 6) is -0.513. The molecule has 0 aromatic heterocycles. The zero-order valence-electron chi connectivity index (χ0n) is 10.3. The van der Waals surface area contributed by atoms with Gasteiger partial charge in [0.25, 0.3) is 5.91 Å². The van der Waals surface area contributed by atoms with Gasteiger partial charge in [-0.05, 0) is 59.0 Å². The molecule has 2 aromatic rings. The number of hydrogen-bond acceptors (Lipinski definition) is 1. The monoisotopic (exact) mass is 425 g/mol. The Balaban J connectivity index is 2.26. The number of carbonyl (C=O) groups is 1. The fraction of sp³-hybridized carbons (Fsp3) is 0.0714. The van der Waals surface area contributed by atoms with Crippen LogP contribution < -0.4 is 5.32 Å². The van der Waals surface area contributed by atoms with Crippen molar-refractivity contribution >= 4 is 45.8 Å². The number of halogens is 5. The first-order valence-electron chi connectivity index (χ1n) is 5.71. The van der Waals surface area contributed by atoms with Crippen LogP contribution in [-0.2, 0) is 6.18 Å². The van der Waals surface area contributed by atoms with E-state index in [1.54, 1.807) is 12.1 Å². The van der Waals surface area contributed by atoms with E-state index in [9.17, 15) is 18.0 Å². The standard InChI is InChI=1S/C14H8ClF3INO/c15-9-4-5-12(19)11(7-9)13(21)20-10-3-1-2-8(6-10)14(16,17)18/h1-7H,(H,20,21). The summed E-state index contributed by atoms with van der Waals surface area (Å²) in [5, 5.41) is 2.82. The molecule has 0 heterocycles. The lowest BCUT2D eigenvalue weighted by atomic mass is 10.1. The number of hydrogen-bond donors (Lipinski definition) is 1. The Hall–Kier alpha value is -1.28. The summed E-state index contributed by atoms with van der Waals surface area (Å²) in [7, 11) is 0. The zero-order chi connectivity index (χ0) is 15.6. The minimum Gasteiger partial charge on any atom is -0.322 e. The molecule has 110 valence electrons. The molecular weight excluding hydrogens is 418 g/mol. The third-order valence-electron chi connectivity index (χ3n) is 2.62. The molecule has 0 atom stereocenters. The Morgan fingerprint density at radius 3 is 2.52 bits per heavy atom. The second-order valence-electron chi connectivity index (χ2n) is 4.16. The second-order valence-corrected chi connectivity index (χ2v) is 5.76. The lowest BCUT2D eigenvalue weighted by Gasteiger charge is -2.10. The van der Waals surface area contributed by atoms with E-state index in [-0.39, 0.29) is 5.69 Å². The Morgan fingerprint density at radius 2 is 1.86 bits per heavy atom. The minimum atomic E-state index is -4.45. The lowest BCUT2D eigenvalue weighted by molar-refractivity contribution is -0.137. The van der Waals surface area contributed by atoms with Gasteiger partial charge in [0.15, 0.2) is 0 Å². The molecule has 0 spiro atoms. The van der Waals surface area contributed by atoms with Crippen LogP contribution in [0.25, 0.3) is 0 Å². The van der Waals surface area contributed by atoms with Gasteiger partial charge in [-0.3, -0.25) is 4.79 Å². The fourth-order valence-electron chi connectivity index (χ4n) is 1.64. The van der Waals surface area contributed by atoms with E-state index in [0.717, 1.165) is 12.1 Å². The first-order chi connectivity index (χ1) is 9.77. The predicted octanol–water partition coefficient (Wildman–Crippen LogP) is 5.22. The van der Waals surface area contributed by atoms with Gasteiger partial charge in [-0.1, -0.05) is 17.7 Å². The first kappa shape index (κ1) is 16.1. The summed E-state index contributed by atoms with van der Waals surface area (Å²) < 4.78 is 38.5. The highest BCUT2D eigenvalue weighted by molar-refractivity contribution is 14.1. The molecule has 7 heteroatoms. The van der Waals surface area contributed by atoms with Crippen molar-refractivity contribution in [2.24, 2.45) is 0 Å². The molecule has 2 rings (SSSR count). The summed E-state index contributed by atoms with van der Waals surface area (Å²) in [6.07, 6.45) is -4.45. The molecule has 0 aliphatic rings. The Kier molecular flexibility index (Phi) is 4.77. The second kappa shape index (κ2) is 6.23. The van der Waals surface area contributed by atoms with Gasteiger partial charge < -0.3 is 5.32 Å². The van der Waals surface area contributed by atoms with Gasteiger partial charge >= 0.3 is 6.18 Å². The maximum absolute atomic E-state index is 12.6. The highest BCUT2D eigenvalue weighted by atomic mass is 127. The van der Waals surface area contributed by atoms with Crippen LogP contribution in [0.2, 0.25) is 5.02 Å². The zero-order valence-corrected chi connectivity index (χ0v) is 13.3. The van der Waals surface area contributed by atoms with Crippen LogP contribution >= 0.6 is 34.2 Å². The van der Waals surface area contributed by atoms with Crippen LogP contribution in [-0.4, -0.2) is 5.91 Å². The van der Waals surface area contributed by atoms with Crippen LogP contribution in [0.3, 0.4) is 0 Å². The Labute approximate surface area is 137 Å². The van der Waals surface area contributed by atoms with Crippen LogP contribution in [0.15, 0.2) is 42.5 Å². The smallest absolute Gasteiger partial charge is 0.322 e. The van der Waals surface area contributed by atoms with Crippen molar-refractivity contribution in [3.05, 3.63) is 62.2 Å². The number of nitrogens with one attached hydrogen (secondary N) is 1. The molecule has 2 nitrogen and oxygen atoms in total. The van der Waals surface area contributed by atoms with Crippen molar-refractivity contribution in [2.45, 2.75) is 6.18 Å². The molecule has 21 heavy (non-hydrogen) atoms. The van der Waals surface area contributed by atoms with Crippen LogP contribution in [0.1, 0.15) is 15.9 Å². The number of alkyl halides is 3. The molecule has 0 bridgehead atoms. The number of rotatable bonds is 2. The van der Waals surface area contributed by atoms with E-state index >= 15 is 0 Å². The van der Waals surface area contributed by atoms with Crippen molar-refractivity contribution in [2.75, 3.05) is 5.32 Å². The van der Waals surface area contributed by atoms with E-state index in [0.29, 0.717) is 14.2 Å². The van der Waals surface area contributed by atoms with E-state index in [1.165, 1.54) is 18.2 Å². The lowest BCUT2D eigenvalue weighted by Crippen LogP contribution is -2.14. The molecular formula is C14H8ClF3INO. The molecule has 1 N–H and O–H groups in total. The summed E-state index contributed by atoms with van der Waals surface area (Å²) in [5.41, 5.74) is -0.438. The third kappa shape index (κ3) is 4.10. The quantitative estimate of drug-likeness (QED) is 0.657. The average Bonchev–Trinajstić information content (AvgIpc) is 2.41. The maximum Gasteiger partial charge on any atom is 0.416 e. The third-order valence-corrected chi connectivity index (χ3v) is 3.80. The molecule has 0 saturated heterocycles. The largest absolute Gasteiger partial charge is 0.416 e. The number of carbonyl (C=O) groups excluding carboxylic acids is 1. The summed E-state index contributed by atoms with van der Waals surface area (Å²) in [6.45, 7) is 0. The van der Waals surface area contributed by atoms with Crippen molar-refractivity contribution < 1.29 is 18.0 Å². The van der Waals surface area contributed by atoms with E-state index < -0.39 is 17.6 Å². The molecule has 1 amide bonds. The summed E-state index contributed by atoms with van der Waals surface area (Å²) in [4.78, 5) is 12.1. The van der Waals surface area contributed by atoms with Crippen molar-refractivity contribution in [3.63, 3.8) is 0 Å². The minimum absolute atomic E-state index is 0.0746. The van der Waals surface area contributed by atoms with E-state index in [4.69, 9.17) is 11.6 Å². The number of benzene rings is 2. The number of anilines is 1. The topological polar surface area (TPSA) is 29.1 Å². The van der Waals surface area contributed by atoms with Crippen molar-refractivity contribution in [3.8, 4) is 0 Å². The fourth-order valence-corrected chi connectivity index (χ4v) is 2.40. The summed E-state index contributed by atoms with van der Waals surface area (Å²) >= 11 is 7.77. The molecule has 0 aliphatic carbocycles. The molecule has 0 fully saturated rings. The van der Waals surface area contributed by atoms with Crippen LogP contribution in [0.4, 0.5) is 18.9 Å². The molecule has 0 saturated carbocycles. The van der Waals surface area contributed by atoms with Crippen molar-refractivity contribution in [1.82, 2.24) is 0 Å². The molecule has 0 aliphatic heterocycles. The Bertz CT molecular complexity index is 688. The van der Waals surface area contributed by atoms with E-state index in [2.05, 4.69) is 5.32 Å². The Morgan fingerprint density at radius 1 is 1.14 bits per heavy atom. The molecule has 2 aromatic carbocycles. The highest BCUT2D eigenvalue weighted by Crippen LogP contribution is 2.30. The number of amides is 1. The van der Waals surface area contributed by atoms with Gasteiger partial charge in [-0.25, -0.2) is 0 Å². The van der Waals surface area contributed by atoms with Gasteiger partial charge in [0.05, 0.1) is 11.1 Å². The highest BCUT2D eigenvalue weighted by Gasteiger charge is 2.30. The molecule has 0 unspecified atom stereocenters. The van der Waals surface area contributed by atoms with Gasteiger partial charge in [-0.15, -0.1) is 0 Å². The first-order valence-corrected chi connectivity index (χ1v) is 7.17. The van der Waals surface area contributed by atoms with E-state index in [1.807, 2.05) is 22.6 Å². The SMILES string of the molecule is O=C(Nc1cccc(C(F)(F)F)c1)c1cc(Cl)ccc1I. The van der Waals surface area contributed by atoms with Crippen molar-refractivity contribution in [1.29, 1.82) is 0 Å². The average molecular weight is 426 g/mol. The van der Waals surface area contributed by atoms with Gasteiger partial charge in [0.1, 0.15) is 0 Å². The molecule has 0 radical (unpaired) electrons.